The van der Waals surface area contributed by atoms with E-state index in [2.05, 4.69) is 85.6 Å². The van der Waals surface area contributed by atoms with Crippen LogP contribution in [0.25, 0.3) is 16.7 Å². The minimum absolute atomic E-state index is 0.820. The van der Waals surface area contributed by atoms with Crippen LogP contribution in [0.3, 0.4) is 0 Å². The highest BCUT2D eigenvalue weighted by Gasteiger charge is 2.10. The van der Waals surface area contributed by atoms with Gasteiger partial charge >= 0.3 is 0 Å². The monoisotopic (exact) mass is 392 g/mol. The summed E-state index contributed by atoms with van der Waals surface area (Å²) in [6.45, 7) is 4.26. The Hall–Kier alpha value is -1.13. The average molecular weight is 394 g/mol. The second-order valence-electron chi connectivity index (χ2n) is 4.95. The van der Waals surface area contributed by atoms with E-state index in [-0.39, 0.29) is 0 Å². The summed E-state index contributed by atoms with van der Waals surface area (Å²) >= 11 is 7.11. The molecule has 20 heavy (non-hydrogen) atoms. The molecule has 0 aliphatic rings. The highest BCUT2D eigenvalue weighted by molar-refractivity contribution is 9.10. The van der Waals surface area contributed by atoms with Crippen molar-refractivity contribution in [3.05, 3.63) is 57.8 Å². The molecule has 1 heterocycles. The summed E-state index contributed by atoms with van der Waals surface area (Å²) in [5.74, 6) is 0. The molecule has 2 nitrogen and oxygen atoms in total. The van der Waals surface area contributed by atoms with E-state index >= 15 is 0 Å². The number of hydrogen-bond acceptors (Lipinski definition) is 1. The van der Waals surface area contributed by atoms with Crippen LogP contribution in [0.5, 0.6) is 0 Å². The van der Waals surface area contributed by atoms with E-state index in [4.69, 9.17) is 0 Å². The van der Waals surface area contributed by atoms with Gasteiger partial charge in [0.25, 0.3) is 0 Å². The molecule has 0 saturated carbocycles. The fourth-order valence-corrected chi connectivity index (χ4v) is 3.15. The van der Waals surface area contributed by atoms with E-state index in [9.17, 15) is 0 Å². The number of imidazole rings is 1. The molecule has 102 valence electrons. The minimum Gasteiger partial charge on any atom is -0.298 e. The Labute approximate surface area is 135 Å². The lowest BCUT2D eigenvalue weighted by Crippen LogP contribution is -1.97. The van der Waals surface area contributed by atoms with Crippen molar-refractivity contribution >= 4 is 42.9 Å². The van der Waals surface area contributed by atoms with Gasteiger partial charge in [0.1, 0.15) is 6.33 Å². The average Bonchev–Trinajstić information content (AvgIpc) is 2.82. The third-order valence-corrected chi connectivity index (χ3v) is 4.71. The largest absolute Gasteiger partial charge is 0.298 e. The first-order valence-electron chi connectivity index (χ1n) is 6.39. The molecule has 0 aliphatic heterocycles. The van der Waals surface area contributed by atoms with Crippen LogP contribution in [-0.4, -0.2) is 9.55 Å². The zero-order chi connectivity index (χ0) is 14.3. The molecule has 0 radical (unpaired) electrons. The zero-order valence-electron chi connectivity index (χ0n) is 11.3. The highest BCUT2D eigenvalue weighted by Crippen LogP contribution is 2.27. The number of alkyl halides is 1. The van der Waals surface area contributed by atoms with Gasteiger partial charge in [-0.3, -0.25) is 4.57 Å². The van der Waals surface area contributed by atoms with Crippen molar-refractivity contribution in [1.82, 2.24) is 9.55 Å². The number of fused-ring (bicyclic) bond motifs is 1. The summed E-state index contributed by atoms with van der Waals surface area (Å²) in [4.78, 5) is 4.53. The molecule has 0 aliphatic carbocycles. The van der Waals surface area contributed by atoms with Crippen molar-refractivity contribution in [2.45, 2.75) is 19.2 Å². The molecule has 0 spiro atoms. The third kappa shape index (κ3) is 2.31. The summed E-state index contributed by atoms with van der Waals surface area (Å²) in [7, 11) is 0. The highest BCUT2D eigenvalue weighted by atomic mass is 79.9. The second-order valence-corrected chi connectivity index (χ2v) is 6.42. The van der Waals surface area contributed by atoms with Crippen LogP contribution in [0, 0.1) is 13.8 Å². The van der Waals surface area contributed by atoms with E-state index in [0.29, 0.717) is 0 Å². The predicted octanol–water partition coefficient (Wildman–Crippen LogP) is 5.30. The van der Waals surface area contributed by atoms with Gasteiger partial charge in [0.15, 0.2) is 0 Å². The smallest absolute Gasteiger partial charge is 0.100 e. The Kier molecular flexibility index (Phi) is 3.69. The Morgan fingerprint density at radius 2 is 1.85 bits per heavy atom. The van der Waals surface area contributed by atoms with Crippen LogP contribution >= 0.6 is 31.9 Å². The molecule has 0 amide bonds. The Bertz CT molecular complexity index is 791. The molecule has 0 unspecified atom stereocenters. The number of benzene rings is 2. The Morgan fingerprint density at radius 1 is 1.10 bits per heavy atom. The lowest BCUT2D eigenvalue weighted by molar-refractivity contribution is 1.07. The fourth-order valence-electron chi connectivity index (χ4n) is 2.33. The summed E-state index contributed by atoms with van der Waals surface area (Å²) in [5, 5.41) is 0.820. The molecule has 1 aromatic heterocycles. The molecule has 3 aromatic rings. The van der Waals surface area contributed by atoms with Gasteiger partial charge in [-0.25, -0.2) is 4.98 Å². The third-order valence-electron chi connectivity index (χ3n) is 3.61. The standard InChI is InChI=1S/C16H14Br2N2/c1-10-5-14-16(6-11(10)2)20(9-19-14)15-7-13(18)4-3-12(15)8-17/h3-7,9H,8H2,1-2H3. The summed E-state index contributed by atoms with van der Waals surface area (Å²) in [5.41, 5.74) is 7.14. The van der Waals surface area contributed by atoms with Crippen LogP contribution in [0.1, 0.15) is 16.7 Å². The second kappa shape index (κ2) is 5.34. The number of halogens is 2. The van der Waals surface area contributed by atoms with Gasteiger partial charge in [-0.1, -0.05) is 37.9 Å². The van der Waals surface area contributed by atoms with Crippen LogP contribution < -0.4 is 0 Å². The topological polar surface area (TPSA) is 17.8 Å². The first kappa shape index (κ1) is 13.8. The summed E-state index contributed by atoms with van der Waals surface area (Å²) < 4.78 is 3.23. The maximum absolute atomic E-state index is 4.53. The Morgan fingerprint density at radius 3 is 2.60 bits per heavy atom. The number of aryl methyl sites for hydroxylation is 2. The van der Waals surface area contributed by atoms with Gasteiger partial charge in [0.05, 0.1) is 16.7 Å². The lowest BCUT2D eigenvalue weighted by Gasteiger charge is -2.11. The van der Waals surface area contributed by atoms with Crippen LogP contribution in [0.15, 0.2) is 41.1 Å². The molecule has 0 N–H and O–H groups in total. The van der Waals surface area contributed by atoms with Gasteiger partial charge in [-0.05, 0) is 54.8 Å². The lowest BCUT2D eigenvalue weighted by atomic mass is 10.1. The van der Waals surface area contributed by atoms with Crippen LogP contribution in [0.2, 0.25) is 0 Å². The molecule has 4 heteroatoms. The van der Waals surface area contributed by atoms with Crippen molar-refractivity contribution in [1.29, 1.82) is 0 Å². The Balaban J connectivity index is 2.30. The first-order chi connectivity index (χ1) is 9.60. The normalized spacial score (nSPS) is 11.2. The molecule has 0 fully saturated rings. The van der Waals surface area contributed by atoms with Gasteiger partial charge in [0.2, 0.25) is 0 Å². The fraction of sp³-hybridized carbons (Fsp3) is 0.188. The van der Waals surface area contributed by atoms with Crippen LogP contribution in [0.4, 0.5) is 0 Å². The maximum atomic E-state index is 4.53. The predicted molar refractivity (Wildman–Crippen MR) is 90.9 cm³/mol. The quantitative estimate of drug-likeness (QED) is 0.540. The van der Waals surface area contributed by atoms with Gasteiger partial charge in [0, 0.05) is 9.80 Å². The molecule has 3 rings (SSSR count). The van der Waals surface area contributed by atoms with Gasteiger partial charge in [-0.2, -0.15) is 0 Å². The van der Waals surface area contributed by atoms with Crippen molar-refractivity contribution in [3.8, 4) is 5.69 Å². The number of nitrogens with zero attached hydrogens (tertiary/aromatic N) is 2. The summed E-state index contributed by atoms with van der Waals surface area (Å²) in [6, 6.07) is 10.7. The SMILES string of the molecule is Cc1cc2ncn(-c3cc(Br)ccc3CBr)c2cc1C. The number of rotatable bonds is 2. The molecule has 0 bridgehead atoms. The maximum Gasteiger partial charge on any atom is 0.100 e. The number of aromatic nitrogens is 2. The van der Waals surface area contributed by atoms with E-state index in [1.54, 1.807) is 0 Å². The summed E-state index contributed by atoms with van der Waals surface area (Å²) in [6.07, 6.45) is 1.90. The van der Waals surface area contributed by atoms with Crippen LogP contribution in [-0.2, 0) is 5.33 Å². The van der Waals surface area contributed by atoms with E-state index in [0.717, 1.165) is 26.5 Å². The van der Waals surface area contributed by atoms with Crippen molar-refractivity contribution in [2.24, 2.45) is 0 Å². The molecular weight excluding hydrogens is 380 g/mol. The molecule has 2 aromatic carbocycles. The van der Waals surface area contributed by atoms with E-state index < -0.39 is 0 Å². The number of hydrogen-bond donors (Lipinski definition) is 0. The first-order valence-corrected chi connectivity index (χ1v) is 8.30. The minimum atomic E-state index is 0.820. The van der Waals surface area contributed by atoms with Gasteiger partial charge < -0.3 is 0 Å². The van der Waals surface area contributed by atoms with E-state index in [1.165, 1.54) is 16.7 Å². The van der Waals surface area contributed by atoms with Gasteiger partial charge in [-0.15, -0.1) is 0 Å². The van der Waals surface area contributed by atoms with Crippen molar-refractivity contribution < 1.29 is 0 Å². The van der Waals surface area contributed by atoms with Crippen molar-refractivity contribution in [2.75, 3.05) is 0 Å². The molecule has 0 atom stereocenters. The zero-order valence-corrected chi connectivity index (χ0v) is 14.5. The van der Waals surface area contributed by atoms with Crippen molar-refractivity contribution in [3.63, 3.8) is 0 Å². The molecule has 0 saturated heterocycles. The molecular formula is C16H14Br2N2. The van der Waals surface area contributed by atoms with E-state index in [1.807, 2.05) is 6.33 Å².